The maximum Gasteiger partial charge on any atom is 0.247 e. The maximum absolute atomic E-state index is 7.45. The first-order chi connectivity index (χ1) is 8.15. The van der Waals surface area contributed by atoms with Crippen molar-refractivity contribution >= 4 is 8.53 Å². The summed E-state index contributed by atoms with van der Waals surface area (Å²) in [5.41, 5.74) is 9.71. The molecule has 0 spiro atoms. The minimum atomic E-state index is -2.12. The van der Waals surface area contributed by atoms with E-state index in [0.717, 1.165) is 6.54 Å². The highest BCUT2D eigenvalue weighted by Gasteiger charge is 1.91. The smallest absolute Gasteiger partial charge is 0.247 e. The summed E-state index contributed by atoms with van der Waals surface area (Å²) in [5.74, 6) is 0. The van der Waals surface area contributed by atoms with Crippen LogP contribution in [0.1, 0.15) is 71.1 Å². The second-order valence-electron chi connectivity index (χ2n) is 4.29. The van der Waals surface area contributed by atoms with Crippen LogP contribution in [0.4, 0.5) is 0 Å². The lowest BCUT2D eigenvalue weighted by molar-refractivity contribution is 0.485. The molecule has 0 fully saturated rings. The number of hydrogen-bond donors (Lipinski definition) is 4. The molecule has 4 nitrogen and oxygen atoms in total. The Morgan fingerprint density at radius 3 is 1.35 bits per heavy atom. The zero-order valence-electron chi connectivity index (χ0n) is 11.3. The van der Waals surface area contributed by atoms with Crippen molar-refractivity contribution in [2.75, 3.05) is 6.54 Å². The first-order valence-corrected chi connectivity index (χ1v) is 8.09. The Morgan fingerprint density at radius 2 is 1.06 bits per heavy atom. The van der Waals surface area contributed by atoms with Gasteiger partial charge in [-0.05, 0) is 13.0 Å². The molecular weight excluding hydrogens is 235 g/mol. The van der Waals surface area contributed by atoms with Crippen LogP contribution in [0.5, 0.6) is 0 Å². The fourth-order valence-corrected chi connectivity index (χ4v) is 1.63. The van der Waals surface area contributed by atoms with Gasteiger partial charge in [-0.3, -0.25) is 5.50 Å². The van der Waals surface area contributed by atoms with E-state index in [4.69, 9.17) is 15.5 Å². The minimum Gasteiger partial charge on any atom is -0.338 e. The normalized spacial score (nSPS) is 10.2. The average molecular weight is 266 g/mol. The predicted octanol–water partition coefficient (Wildman–Crippen LogP) is 3.02. The molecular formula is C12H31N2O2P. The Morgan fingerprint density at radius 1 is 0.765 bits per heavy atom. The van der Waals surface area contributed by atoms with E-state index in [0.29, 0.717) is 0 Å². The van der Waals surface area contributed by atoms with E-state index in [2.05, 4.69) is 12.4 Å². The summed E-state index contributed by atoms with van der Waals surface area (Å²) in [5, 5.41) is 0. The second kappa shape index (κ2) is 18.6. The molecule has 0 aromatic heterocycles. The van der Waals surface area contributed by atoms with Crippen LogP contribution in [0, 0.1) is 0 Å². The van der Waals surface area contributed by atoms with E-state index in [9.17, 15) is 0 Å². The molecule has 0 saturated carbocycles. The summed E-state index contributed by atoms with van der Waals surface area (Å²) in [6, 6.07) is 0. The number of unbranched alkanes of at least 4 members (excludes halogenated alkanes) is 9. The van der Waals surface area contributed by atoms with E-state index in [1.807, 2.05) is 0 Å². The molecule has 0 radical (unpaired) electrons. The van der Waals surface area contributed by atoms with Gasteiger partial charge in [0.15, 0.2) is 0 Å². The summed E-state index contributed by atoms with van der Waals surface area (Å²) < 4.78 is 0. The standard InChI is InChI=1S/C12H27N.H4NO2P/c1-2-3-4-5-6-7-8-9-10-11-12-13;1-4(2)3/h2-13H2,1H3;2-3H,1H2. The lowest BCUT2D eigenvalue weighted by atomic mass is 10.1. The predicted molar refractivity (Wildman–Crippen MR) is 76.4 cm³/mol. The molecule has 0 heterocycles. The number of hydrogen-bond acceptors (Lipinski definition) is 4. The maximum atomic E-state index is 7.45. The molecule has 0 saturated heterocycles. The lowest BCUT2D eigenvalue weighted by Gasteiger charge is -2.00. The van der Waals surface area contributed by atoms with Crippen LogP contribution in [0.2, 0.25) is 0 Å². The van der Waals surface area contributed by atoms with Gasteiger partial charge in [0.1, 0.15) is 0 Å². The molecule has 106 valence electrons. The van der Waals surface area contributed by atoms with Gasteiger partial charge in [-0.1, -0.05) is 64.7 Å². The van der Waals surface area contributed by atoms with E-state index >= 15 is 0 Å². The van der Waals surface area contributed by atoms with E-state index < -0.39 is 8.53 Å². The number of rotatable bonds is 10. The molecule has 0 aliphatic rings. The first-order valence-electron chi connectivity index (χ1n) is 6.77. The molecule has 0 amide bonds. The van der Waals surface area contributed by atoms with Gasteiger partial charge in [0.25, 0.3) is 0 Å². The van der Waals surface area contributed by atoms with Crippen molar-refractivity contribution in [3.8, 4) is 0 Å². The fraction of sp³-hybridized carbons (Fsp3) is 1.00. The van der Waals surface area contributed by atoms with Crippen LogP contribution in [0.15, 0.2) is 0 Å². The van der Waals surface area contributed by atoms with Crippen LogP contribution in [0.3, 0.4) is 0 Å². The van der Waals surface area contributed by atoms with Crippen LogP contribution in [0.25, 0.3) is 0 Å². The minimum absolute atomic E-state index is 0.872. The summed E-state index contributed by atoms with van der Waals surface area (Å²) >= 11 is 0. The van der Waals surface area contributed by atoms with Gasteiger partial charge in [0.05, 0.1) is 0 Å². The molecule has 0 bridgehead atoms. The van der Waals surface area contributed by atoms with Crippen molar-refractivity contribution in [1.82, 2.24) is 0 Å². The topological polar surface area (TPSA) is 92.5 Å². The largest absolute Gasteiger partial charge is 0.338 e. The van der Waals surface area contributed by atoms with Gasteiger partial charge in [-0.2, -0.15) is 0 Å². The molecule has 0 rings (SSSR count). The molecule has 0 aliphatic carbocycles. The Labute approximate surface area is 108 Å². The second-order valence-corrected chi connectivity index (χ2v) is 4.93. The highest BCUT2D eigenvalue weighted by molar-refractivity contribution is 7.42. The van der Waals surface area contributed by atoms with Crippen LogP contribution < -0.4 is 11.2 Å². The zero-order valence-corrected chi connectivity index (χ0v) is 12.2. The van der Waals surface area contributed by atoms with Crippen LogP contribution in [-0.4, -0.2) is 16.3 Å². The van der Waals surface area contributed by atoms with Crippen molar-refractivity contribution in [2.45, 2.75) is 71.1 Å². The Balaban J connectivity index is 0. The zero-order chi connectivity index (χ0) is 13.4. The van der Waals surface area contributed by atoms with E-state index in [1.165, 1.54) is 64.2 Å². The molecule has 0 aliphatic heterocycles. The van der Waals surface area contributed by atoms with Crippen LogP contribution in [-0.2, 0) is 0 Å². The van der Waals surface area contributed by atoms with Gasteiger partial charge in [0.2, 0.25) is 8.53 Å². The molecule has 0 unspecified atom stereocenters. The molecule has 6 N–H and O–H groups in total. The third kappa shape index (κ3) is 31.4. The fourth-order valence-electron chi connectivity index (χ4n) is 1.63. The summed E-state index contributed by atoms with van der Waals surface area (Å²) in [6.07, 6.45) is 13.9. The third-order valence-corrected chi connectivity index (χ3v) is 2.56. The van der Waals surface area contributed by atoms with Crippen molar-refractivity contribution in [3.05, 3.63) is 0 Å². The first kappa shape index (κ1) is 19.6. The van der Waals surface area contributed by atoms with Gasteiger partial charge in [0, 0.05) is 0 Å². The Kier molecular flexibility index (Phi) is 21.5. The van der Waals surface area contributed by atoms with Crippen molar-refractivity contribution < 1.29 is 9.79 Å². The van der Waals surface area contributed by atoms with Crippen molar-refractivity contribution in [2.24, 2.45) is 11.2 Å². The molecule has 17 heavy (non-hydrogen) atoms. The third-order valence-electron chi connectivity index (χ3n) is 2.56. The van der Waals surface area contributed by atoms with Gasteiger partial charge in [-0.15, -0.1) is 0 Å². The summed E-state index contributed by atoms with van der Waals surface area (Å²) in [4.78, 5) is 14.9. The SMILES string of the molecule is CCCCCCCCCCCCN.NP(O)O. The van der Waals surface area contributed by atoms with Gasteiger partial charge < -0.3 is 15.5 Å². The average Bonchev–Trinajstić information content (AvgIpc) is 2.26. The Hall–Kier alpha value is 0.270. The Bertz CT molecular complexity index is 114. The van der Waals surface area contributed by atoms with Gasteiger partial charge in [-0.25, -0.2) is 0 Å². The summed E-state index contributed by atoms with van der Waals surface area (Å²) in [7, 11) is -2.12. The van der Waals surface area contributed by atoms with Crippen LogP contribution >= 0.6 is 8.53 Å². The van der Waals surface area contributed by atoms with E-state index in [-0.39, 0.29) is 0 Å². The van der Waals surface area contributed by atoms with Gasteiger partial charge >= 0.3 is 0 Å². The highest BCUT2D eigenvalue weighted by atomic mass is 31.2. The number of nitrogens with two attached hydrogens (primary N) is 2. The molecule has 0 atom stereocenters. The van der Waals surface area contributed by atoms with E-state index in [1.54, 1.807) is 0 Å². The summed E-state index contributed by atoms with van der Waals surface area (Å²) in [6.45, 7) is 3.14. The molecule has 5 heteroatoms. The molecule has 0 aromatic carbocycles. The van der Waals surface area contributed by atoms with Crippen molar-refractivity contribution in [3.63, 3.8) is 0 Å². The monoisotopic (exact) mass is 266 g/mol. The van der Waals surface area contributed by atoms with Crippen molar-refractivity contribution in [1.29, 1.82) is 0 Å². The lowest BCUT2D eigenvalue weighted by Crippen LogP contribution is -1.97. The highest BCUT2D eigenvalue weighted by Crippen LogP contribution is 2.09. The quantitative estimate of drug-likeness (QED) is 0.361. The molecule has 0 aromatic rings.